The quantitative estimate of drug-likeness (QED) is 0.729. The van der Waals surface area contributed by atoms with Crippen LogP contribution in [0.25, 0.3) is 0 Å². The number of hydrogen-bond donors (Lipinski definition) is 0. The summed E-state index contributed by atoms with van der Waals surface area (Å²) in [4.78, 5) is 11.5. The van der Waals surface area contributed by atoms with Crippen molar-refractivity contribution < 1.29 is 9.18 Å². The number of halogens is 2. The molecule has 13 heavy (non-hydrogen) atoms. The van der Waals surface area contributed by atoms with Crippen LogP contribution >= 0.6 is 15.9 Å². The maximum absolute atomic E-state index is 13.3. The van der Waals surface area contributed by atoms with Crippen molar-refractivity contribution in [1.82, 2.24) is 0 Å². The second-order valence-electron chi connectivity index (χ2n) is 3.12. The molecule has 1 aromatic carbocycles. The average Bonchev–Trinajstić information content (AvgIpc) is 2.08. The summed E-state index contributed by atoms with van der Waals surface area (Å²) >= 11 is 3.04. The van der Waals surface area contributed by atoms with Gasteiger partial charge in [0.05, 0.1) is 10.0 Å². The lowest BCUT2D eigenvalue weighted by atomic mass is 10.0. The van der Waals surface area contributed by atoms with Gasteiger partial charge in [-0.05, 0) is 28.1 Å². The Balaban J connectivity index is 3.15. The highest BCUT2D eigenvalue weighted by atomic mass is 79.9. The van der Waals surface area contributed by atoms with Crippen LogP contribution in [-0.2, 0) is 0 Å². The Labute approximate surface area is 85.1 Å². The molecule has 0 aliphatic rings. The Morgan fingerprint density at radius 3 is 2.62 bits per heavy atom. The summed E-state index contributed by atoms with van der Waals surface area (Å²) in [6.45, 7) is 3.51. The predicted octanol–water partition coefficient (Wildman–Crippen LogP) is 3.43. The van der Waals surface area contributed by atoms with E-state index in [1.807, 2.05) is 0 Å². The van der Waals surface area contributed by atoms with E-state index in [1.165, 1.54) is 6.07 Å². The van der Waals surface area contributed by atoms with E-state index in [0.29, 0.717) is 4.47 Å². The third kappa shape index (κ3) is 2.15. The van der Waals surface area contributed by atoms with Gasteiger partial charge in [0.1, 0.15) is 5.82 Å². The zero-order valence-corrected chi connectivity index (χ0v) is 9.06. The molecule has 0 heterocycles. The molecule has 1 rings (SSSR count). The van der Waals surface area contributed by atoms with Gasteiger partial charge in [0.2, 0.25) is 0 Å². The van der Waals surface area contributed by atoms with E-state index in [1.54, 1.807) is 26.0 Å². The van der Waals surface area contributed by atoms with E-state index in [0.717, 1.165) is 0 Å². The van der Waals surface area contributed by atoms with Crippen molar-refractivity contribution in [2.45, 2.75) is 13.8 Å². The van der Waals surface area contributed by atoms with E-state index in [4.69, 9.17) is 0 Å². The molecule has 0 atom stereocenters. The lowest BCUT2D eigenvalue weighted by molar-refractivity contribution is 0.0935. The van der Waals surface area contributed by atoms with Crippen LogP contribution in [-0.4, -0.2) is 5.78 Å². The van der Waals surface area contributed by atoms with Crippen LogP contribution in [0.1, 0.15) is 24.2 Å². The Hall–Kier alpha value is -0.700. The van der Waals surface area contributed by atoms with Gasteiger partial charge < -0.3 is 0 Å². The summed E-state index contributed by atoms with van der Waals surface area (Å²) in [7, 11) is 0. The number of hydrogen-bond acceptors (Lipinski definition) is 1. The first-order chi connectivity index (χ1) is 6.04. The maximum atomic E-state index is 13.3. The van der Waals surface area contributed by atoms with Crippen molar-refractivity contribution in [2.24, 2.45) is 5.92 Å². The molecule has 0 spiro atoms. The highest BCUT2D eigenvalue weighted by Gasteiger charge is 2.16. The number of benzene rings is 1. The molecule has 0 unspecified atom stereocenters. The molecular weight excluding hydrogens is 235 g/mol. The zero-order valence-electron chi connectivity index (χ0n) is 7.47. The van der Waals surface area contributed by atoms with Gasteiger partial charge in [0.25, 0.3) is 0 Å². The minimum absolute atomic E-state index is 0.157. The predicted molar refractivity (Wildman–Crippen MR) is 53.3 cm³/mol. The standard InChI is InChI=1S/C10H10BrFO/c1-6(2)10(13)7-4-3-5-8(11)9(7)12/h3-6H,1-2H3. The number of ketones is 1. The second kappa shape index (κ2) is 4.01. The molecule has 0 N–H and O–H groups in total. The normalized spacial score (nSPS) is 10.5. The van der Waals surface area contributed by atoms with Gasteiger partial charge in [-0.1, -0.05) is 19.9 Å². The molecule has 0 saturated carbocycles. The Bertz CT molecular complexity index is 334. The zero-order chi connectivity index (χ0) is 10.0. The smallest absolute Gasteiger partial charge is 0.168 e. The van der Waals surface area contributed by atoms with Gasteiger partial charge in [-0.2, -0.15) is 0 Å². The molecule has 0 radical (unpaired) electrons. The first-order valence-electron chi connectivity index (χ1n) is 4.02. The molecular formula is C10H10BrFO. The number of Topliss-reactive ketones (excluding diaryl/α,β-unsaturated/α-hetero) is 1. The molecule has 0 saturated heterocycles. The molecule has 0 aliphatic heterocycles. The monoisotopic (exact) mass is 244 g/mol. The van der Waals surface area contributed by atoms with Gasteiger partial charge in [0.15, 0.2) is 5.78 Å². The first-order valence-corrected chi connectivity index (χ1v) is 4.81. The van der Waals surface area contributed by atoms with Crippen LogP contribution < -0.4 is 0 Å². The van der Waals surface area contributed by atoms with Crippen molar-refractivity contribution >= 4 is 21.7 Å². The fourth-order valence-corrected chi connectivity index (χ4v) is 1.37. The van der Waals surface area contributed by atoms with E-state index in [2.05, 4.69) is 15.9 Å². The molecule has 70 valence electrons. The largest absolute Gasteiger partial charge is 0.294 e. The van der Waals surface area contributed by atoms with E-state index < -0.39 is 5.82 Å². The molecule has 0 amide bonds. The first kappa shape index (κ1) is 10.4. The molecule has 0 aromatic heterocycles. The summed E-state index contributed by atoms with van der Waals surface area (Å²) < 4.78 is 13.7. The van der Waals surface area contributed by atoms with Crippen molar-refractivity contribution in [3.05, 3.63) is 34.1 Å². The summed E-state index contributed by atoms with van der Waals surface area (Å²) in [5.74, 6) is -0.816. The van der Waals surface area contributed by atoms with Gasteiger partial charge >= 0.3 is 0 Å². The minimum Gasteiger partial charge on any atom is -0.294 e. The molecule has 1 aromatic rings. The summed E-state index contributed by atoms with van der Waals surface area (Å²) in [5.41, 5.74) is 0.157. The van der Waals surface area contributed by atoms with Crippen LogP contribution in [0.15, 0.2) is 22.7 Å². The van der Waals surface area contributed by atoms with Crippen molar-refractivity contribution in [3.8, 4) is 0 Å². The van der Waals surface area contributed by atoms with Crippen LogP contribution in [0.2, 0.25) is 0 Å². The third-order valence-corrected chi connectivity index (χ3v) is 2.35. The molecule has 0 fully saturated rings. The summed E-state index contributed by atoms with van der Waals surface area (Å²) in [6, 6.07) is 4.73. The number of carbonyl (C=O) groups excluding carboxylic acids is 1. The summed E-state index contributed by atoms with van der Waals surface area (Å²) in [6.07, 6.45) is 0. The van der Waals surface area contributed by atoms with Gasteiger partial charge in [0, 0.05) is 5.92 Å². The molecule has 0 aliphatic carbocycles. The maximum Gasteiger partial charge on any atom is 0.168 e. The Morgan fingerprint density at radius 1 is 1.46 bits per heavy atom. The minimum atomic E-state index is -0.471. The van der Waals surface area contributed by atoms with Gasteiger partial charge in [-0.25, -0.2) is 4.39 Å². The van der Waals surface area contributed by atoms with Crippen LogP contribution in [0.5, 0.6) is 0 Å². The highest BCUT2D eigenvalue weighted by Crippen LogP contribution is 2.20. The summed E-state index contributed by atoms with van der Waals surface area (Å²) in [5, 5.41) is 0. The molecule has 1 nitrogen and oxygen atoms in total. The topological polar surface area (TPSA) is 17.1 Å². The van der Waals surface area contributed by atoms with Crippen LogP contribution in [0.4, 0.5) is 4.39 Å². The Morgan fingerprint density at radius 2 is 2.08 bits per heavy atom. The molecule has 0 bridgehead atoms. The number of rotatable bonds is 2. The lowest BCUT2D eigenvalue weighted by Crippen LogP contribution is -2.09. The Kier molecular flexibility index (Phi) is 3.20. The highest BCUT2D eigenvalue weighted by molar-refractivity contribution is 9.10. The van der Waals surface area contributed by atoms with Crippen molar-refractivity contribution in [2.75, 3.05) is 0 Å². The van der Waals surface area contributed by atoms with Gasteiger partial charge in [-0.15, -0.1) is 0 Å². The van der Waals surface area contributed by atoms with Crippen LogP contribution in [0.3, 0.4) is 0 Å². The van der Waals surface area contributed by atoms with E-state index >= 15 is 0 Å². The van der Waals surface area contributed by atoms with E-state index in [9.17, 15) is 9.18 Å². The fourth-order valence-electron chi connectivity index (χ4n) is 1.01. The average molecular weight is 245 g/mol. The van der Waals surface area contributed by atoms with E-state index in [-0.39, 0.29) is 17.3 Å². The van der Waals surface area contributed by atoms with Crippen LogP contribution in [0, 0.1) is 11.7 Å². The lowest BCUT2D eigenvalue weighted by Gasteiger charge is -2.05. The SMILES string of the molecule is CC(C)C(=O)c1cccc(Br)c1F. The van der Waals surface area contributed by atoms with Crippen molar-refractivity contribution in [3.63, 3.8) is 0 Å². The third-order valence-electron chi connectivity index (χ3n) is 1.74. The number of carbonyl (C=O) groups is 1. The fraction of sp³-hybridized carbons (Fsp3) is 0.300. The second-order valence-corrected chi connectivity index (χ2v) is 3.97. The van der Waals surface area contributed by atoms with Gasteiger partial charge in [-0.3, -0.25) is 4.79 Å². The van der Waals surface area contributed by atoms with Crippen molar-refractivity contribution in [1.29, 1.82) is 0 Å². The molecule has 3 heteroatoms.